The van der Waals surface area contributed by atoms with Crippen LogP contribution in [-0.2, 0) is 5.41 Å². The first-order valence-corrected chi connectivity index (χ1v) is 15.2. The Kier molecular flexibility index (Phi) is 10.2. The topological polar surface area (TPSA) is 40.5 Å². The fourth-order valence-electron chi connectivity index (χ4n) is 7.26. The molecule has 2 nitrogen and oxygen atoms in total. The van der Waals surface area contributed by atoms with E-state index in [0.717, 1.165) is 30.6 Å². The van der Waals surface area contributed by atoms with Crippen molar-refractivity contribution in [2.45, 2.75) is 121 Å². The lowest BCUT2D eigenvalue weighted by molar-refractivity contribution is 0.208. The van der Waals surface area contributed by atoms with E-state index in [9.17, 15) is 10.2 Å². The average molecular weight is 491 g/mol. The third-order valence-electron chi connectivity index (χ3n) is 9.71. The standard InChI is InChI=1S/C34H50O2/c1-2-3-4-5-6-7-8-27-9-11-28(12-10-27)13-14-29-23-25-34(26-24-29,30-15-19-32(35)20-16-30)31-17-21-33(36)22-18-31/h15-22,27-29,35-36H,2-14,23-26H2,1H3. The van der Waals surface area contributed by atoms with Crippen LogP contribution in [0.5, 0.6) is 11.5 Å². The number of phenols is 2. The molecule has 2 fully saturated rings. The van der Waals surface area contributed by atoms with Crippen molar-refractivity contribution in [2.24, 2.45) is 17.8 Å². The summed E-state index contributed by atoms with van der Waals surface area (Å²) in [5.41, 5.74) is 2.59. The maximum atomic E-state index is 9.85. The molecule has 36 heavy (non-hydrogen) atoms. The SMILES string of the molecule is CCCCCCCCC1CCC(CCC2CCC(c3ccc(O)cc3)(c3ccc(O)cc3)CC2)CC1. The fraction of sp³-hybridized carbons (Fsp3) is 0.647. The first-order chi connectivity index (χ1) is 17.6. The number of hydrogen-bond acceptors (Lipinski definition) is 2. The van der Waals surface area contributed by atoms with Gasteiger partial charge >= 0.3 is 0 Å². The first-order valence-electron chi connectivity index (χ1n) is 15.2. The molecule has 2 heteroatoms. The largest absolute Gasteiger partial charge is 0.508 e. The van der Waals surface area contributed by atoms with Crippen molar-refractivity contribution in [1.82, 2.24) is 0 Å². The lowest BCUT2D eigenvalue weighted by Gasteiger charge is -2.42. The lowest BCUT2D eigenvalue weighted by atomic mass is 9.62. The van der Waals surface area contributed by atoms with Gasteiger partial charge in [-0.25, -0.2) is 0 Å². The molecule has 0 spiro atoms. The predicted octanol–water partition coefficient (Wildman–Crippen LogP) is 9.91. The normalized spacial score (nSPS) is 22.5. The number of benzene rings is 2. The van der Waals surface area contributed by atoms with Crippen molar-refractivity contribution in [1.29, 1.82) is 0 Å². The van der Waals surface area contributed by atoms with Crippen LogP contribution >= 0.6 is 0 Å². The highest BCUT2D eigenvalue weighted by molar-refractivity contribution is 5.43. The van der Waals surface area contributed by atoms with Gasteiger partial charge in [-0.1, -0.05) is 115 Å². The average Bonchev–Trinajstić information content (AvgIpc) is 2.91. The fourth-order valence-corrected chi connectivity index (χ4v) is 7.26. The zero-order chi connectivity index (χ0) is 25.2. The zero-order valence-corrected chi connectivity index (χ0v) is 22.8. The molecular formula is C34H50O2. The number of phenolic OH excluding ortho intramolecular Hbond substituents is 2. The molecule has 0 aliphatic heterocycles. The van der Waals surface area contributed by atoms with Crippen LogP contribution in [0.15, 0.2) is 48.5 Å². The Bertz CT molecular complexity index is 821. The molecule has 0 heterocycles. The molecule has 2 aliphatic rings. The summed E-state index contributed by atoms with van der Waals surface area (Å²) in [6.07, 6.45) is 23.6. The van der Waals surface area contributed by atoms with Crippen molar-refractivity contribution in [3.8, 4) is 11.5 Å². The van der Waals surface area contributed by atoms with E-state index in [1.807, 2.05) is 24.3 Å². The van der Waals surface area contributed by atoms with E-state index in [-0.39, 0.29) is 5.41 Å². The Morgan fingerprint density at radius 3 is 1.47 bits per heavy atom. The van der Waals surface area contributed by atoms with E-state index in [4.69, 9.17) is 0 Å². The summed E-state index contributed by atoms with van der Waals surface area (Å²) in [5, 5.41) is 19.7. The van der Waals surface area contributed by atoms with Gasteiger partial charge in [0.2, 0.25) is 0 Å². The maximum absolute atomic E-state index is 9.85. The molecule has 2 N–H and O–H groups in total. The van der Waals surface area contributed by atoms with E-state index in [1.165, 1.54) is 107 Å². The van der Waals surface area contributed by atoms with Crippen LogP contribution in [0.2, 0.25) is 0 Å². The molecule has 0 saturated heterocycles. The highest BCUT2D eigenvalue weighted by Crippen LogP contribution is 2.48. The van der Waals surface area contributed by atoms with E-state index >= 15 is 0 Å². The van der Waals surface area contributed by atoms with Gasteiger partial charge in [-0.05, 0) is 78.8 Å². The summed E-state index contributed by atoms with van der Waals surface area (Å²) < 4.78 is 0. The van der Waals surface area contributed by atoms with Crippen molar-refractivity contribution in [2.75, 3.05) is 0 Å². The van der Waals surface area contributed by atoms with E-state index in [2.05, 4.69) is 31.2 Å². The minimum absolute atomic E-state index is 0.00744. The van der Waals surface area contributed by atoms with Crippen molar-refractivity contribution < 1.29 is 10.2 Å². The molecule has 0 aromatic heterocycles. The van der Waals surface area contributed by atoms with Crippen LogP contribution in [0.25, 0.3) is 0 Å². The third-order valence-corrected chi connectivity index (χ3v) is 9.71. The van der Waals surface area contributed by atoms with E-state index < -0.39 is 0 Å². The Morgan fingerprint density at radius 1 is 0.556 bits per heavy atom. The molecule has 198 valence electrons. The number of rotatable bonds is 12. The van der Waals surface area contributed by atoms with Crippen LogP contribution in [-0.4, -0.2) is 10.2 Å². The van der Waals surface area contributed by atoms with Gasteiger partial charge in [0.15, 0.2) is 0 Å². The van der Waals surface area contributed by atoms with Crippen LogP contribution in [0.4, 0.5) is 0 Å². The van der Waals surface area contributed by atoms with Gasteiger partial charge in [-0.2, -0.15) is 0 Å². The summed E-state index contributed by atoms with van der Waals surface area (Å²) in [4.78, 5) is 0. The molecule has 0 bridgehead atoms. The lowest BCUT2D eigenvalue weighted by Crippen LogP contribution is -2.33. The van der Waals surface area contributed by atoms with E-state index in [0.29, 0.717) is 11.5 Å². The molecule has 2 aromatic carbocycles. The van der Waals surface area contributed by atoms with Gasteiger partial charge in [-0.15, -0.1) is 0 Å². The van der Waals surface area contributed by atoms with Gasteiger partial charge in [0, 0.05) is 5.41 Å². The number of hydrogen-bond donors (Lipinski definition) is 2. The Morgan fingerprint density at radius 2 is 0.972 bits per heavy atom. The van der Waals surface area contributed by atoms with Crippen LogP contribution < -0.4 is 0 Å². The second kappa shape index (κ2) is 13.5. The van der Waals surface area contributed by atoms with E-state index in [1.54, 1.807) is 0 Å². The van der Waals surface area contributed by atoms with Crippen molar-refractivity contribution >= 4 is 0 Å². The second-order valence-electron chi connectivity index (χ2n) is 12.1. The summed E-state index contributed by atoms with van der Waals surface area (Å²) in [6, 6.07) is 15.7. The predicted molar refractivity (Wildman–Crippen MR) is 152 cm³/mol. The summed E-state index contributed by atoms with van der Waals surface area (Å²) >= 11 is 0. The Labute approximate surface area is 220 Å². The maximum Gasteiger partial charge on any atom is 0.115 e. The zero-order valence-electron chi connectivity index (χ0n) is 22.8. The molecule has 2 aromatic rings. The molecular weight excluding hydrogens is 440 g/mol. The number of unbranched alkanes of at least 4 members (excludes halogenated alkanes) is 5. The van der Waals surface area contributed by atoms with Crippen molar-refractivity contribution in [3.63, 3.8) is 0 Å². The molecule has 2 saturated carbocycles. The molecule has 0 radical (unpaired) electrons. The molecule has 0 amide bonds. The molecule has 2 aliphatic carbocycles. The van der Waals surface area contributed by atoms with Gasteiger partial charge in [0.05, 0.1) is 0 Å². The van der Waals surface area contributed by atoms with Crippen LogP contribution in [0, 0.1) is 17.8 Å². The van der Waals surface area contributed by atoms with Crippen LogP contribution in [0.1, 0.15) is 127 Å². The summed E-state index contributed by atoms with van der Waals surface area (Å²) in [7, 11) is 0. The Hall–Kier alpha value is -1.96. The molecule has 0 atom stereocenters. The van der Waals surface area contributed by atoms with Crippen LogP contribution in [0.3, 0.4) is 0 Å². The molecule has 4 rings (SSSR count). The monoisotopic (exact) mass is 490 g/mol. The van der Waals surface area contributed by atoms with Gasteiger partial charge in [-0.3, -0.25) is 0 Å². The Balaban J connectivity index is 1.23. The highest BCUT2D eigenvalue weighted by atomic mass is 16.3. The van der Waals surface area contributed by atoms with Gasteiger partial charge in [0.25, 0.3) is 0 Å². The smallest absolute Gasteiger partial charge is 0.115 e. The summed E-state index contributed by atoms with van der Waals surface area (Å²) in [6.45, 7) is 2.30. The quantitative estimate of drug-likeness (QED) is 0.291. The van der Waals surface area contributed by atoms with Gasteiger partial charge in [0.1, 0.15) is 11.5 Å². The second-order valence-corrected chi connectivity index (χ2v) is 12.1. The number of aromatic hydroxyl groups is 2. The first kappa shape index (κ1) is 27.1. The minimum atomic E-state index is -0.00744. The van der Waals surface area contributed by atoms with Crippen molar-refractivity contribution in [3.05, 3.63) is 59.7 Å². The minimum Gasteiger partial charge on any atom is -0.508 e. The highest BCUT2D eigenvalue weighted by Gasteiger charge is 2.38. The third kappa shape index (κ3) is 7.30. The molecule has 0 unspecified atom stereocenters. The summed E-state index contributed by atoms with van der Waals surface area (Å²) in [5.74, 6) is 3.48. The van der Waals surface area contributed by atoms with Gasteiger partial charge < -0.3 is 10.2 Å².